The number of nitrogens with two attached hydrogens (primary N) is 1. The molecule has 1 fully saturated rings. The summed E-state index contributed by atoms with van der Waals surface area (Å²) in [4.78, 5) is 14.2. The lowest BCUT2D eigenvalue weighted by molar-refractivity contribution is 0.0649. The van der Waals surface area contributed by atoms with Gasteiger partial charge in [0.2, 0.25) is 0 Å². The fraction of sp³-hybridized carbons (Fsp3) is 0.500. The maximum Gasteiger partial charge on any atom is 0.253 e. The van der Waals surface area contributed by atoms with Crippen molar-refractivity contribution in [3.8, 4) is 0 Å². The van der Waals surface area contributed by atoms with Crippen molar-refractivity contribution in [2.45, 2.75) is 25.8 Å². The molecule has 1 aliphatic rings. The van der Waals surface area contributed by atoms with E-state index in [-0.39, 0.29) is 11.9 Å². The van der Waals surface area contributed by atoms with Crippen LogP contribution >= 0.6 is 0 Å². The second kappa shape index (κ2) is 5.32. The van der Waals surface area contributed by atoms with Gasteiger partial charge in [-0.25, -0.2) is 0 Å². The molecular weight excluding hydrogens is 212 g/mol. The minimum atomic E-state index is 0.135. The van der Waals surface area contributed by atoms with Gasteiger partial charge in [0.1, 0.15) is 0 Å². The van der Waals surface area contributed by atoms with Gasteiger partial charge in [-0.05, 0) is 24.5 Å². The molecule has 1 aromatic rings. The average molecular weight is 232 g/mol. The van der Waals surface area contributed by atoms with Crippen LogP contribution < -0.4 is 5.73 Å². The molecule has 0 saturated carbocycles. The average Bonchev–Trinajstić information content (AvgIpc) is 2.39. The zero-order valence-electron chi connectivity index (χ0n) is 10.3. The Labute approximate surface area is 103 Å². The van der Waals surface area contributed by atoms with E-state index in [9.17, 15) is 4.79 Å². The van der Waals surface area contributed by atoms with Crippen molar-refractivity contribution in [2.24, 2.45) is 11.7 Å². The lowest BCUT2D eigenvalue weighted by atomic mass is 9.90. The van der Waals surface area contributed by atoms with Gasteiger partial charge in [-0.3, -0.25) is 4.79 Å². The van der Waals surface area contributed by atoms with E-state index in [0.29, 0.717) is 5.92 Å². The van der Waals surface area contributed by atoms with Gasteiger partial charge in [0, 0.05) is 24.7 Å². The molecule has 1 saturated heterocycles. The maximum atomic E-state index is 12.3. The van der Waals surface area contributed by atoms with Crippen LogP contribution in [-0.2, 0) is 0 Å². The molecule has 17 heavy (non-hydrogen) atoms. The van der Waals surface area contributed by atoms with Crippen LogP contribution in [0.15, 0.2) is 30.3 Å². The molecule has 2 atom stereocenters. The molecule has 92 valence electrons. The molecule has 0 spiro atoms. The first-order chi connectivity index (χ1) is 8.22. The van der Waals surface area contributed by atoms with Crippen LogP contribution in [0, 0.1) is 5.92 Å². The van der Waals surface area contributed by atoms with Gasteiger partial charge in [-0.2, -0.15) is 0 Å². The molecule has 2 unspecified atom stereocenters. The minimum Gasteiger partial charge on any atom is -0.338 e. The zero-order chi connectivity index (χ0) is 12.3. The molecule has 0 bridgehead atoms. The number of rotatable bonds is 2. The SMILES string of the molecule is CCC1CN(C(=O)c2ccccc2)CCC1N. The van der Waals surface area contributed by atoms with Gasteiger partial charge >= 0.3 is 0 Å². The molecule has 0 aliphatic carbocycles. The van der Waals surface area contributed by atoms with Crippen molar-refractivity contribution in [1.82, 2.24) is 4.90 Å². The normalized spacial score (nSPS) is 24.7. The van der Waals surface area contributed by atoms with E-state index >= 15 is 0 Å². The molecule has 0 radical (unpaired) electrons. The van der Waals surface area contributed by atoms with E-state index < -0.39 is 0 Å². The van der Waals surface area contributed by atoms with Crippen molar-refractivity contribution in [2.75, 3.05) is 13.1 Å². The number of carbonyl (C=O) groups excluding carboxylic acids is 1. The fourth-order valence-corrected chi connectivity index (χ4v) is 2.43. The summed E-state index contributed by atoms with van der Waals surface area (Å²) in [6, 6.07) is 9.73. The number of benzene rings is 1. The van der Waals surface area contributed by atoms with Crippen molar-refractivity contribution >= 4 is 5.91 Å². The highest BCUT2D eigenvalue weighted by molar-refractivity contribution is 5.94. The number of likely N-dealkylation sites (tertiary alicyclic amines) is 1. The number of carbonyl (C=O) groups is 1. The molecule has 3 nitrogen and oxygen atoms in total. The lowest BCUT2D eigenvalue weighted by Crippen LogP contribution is -2.49. The van der Waals surface area contributed by atoms with E-state index in [4.69, 9.17) is 5.73 Å². The molecule has 1 heterocycles. The third kappa shape index (κ3) is 2.67. The highest BCUT2D eigenvalue weighted by atomic mass is 16.2. The summed E-state index contributed by atoms with van der Waals surface area (Å²) in [7, 11) is 0. The standard InChI is InChI=1S/C14H20N2O/c1-2-11-10-16(9-8-13(11)15)14(17)12-6-4-3-5-7-12/h3-7,11,13H,2,8-10,15H2,1H3. The summed E-state index contributed by atoms with van der Waals surface area (Å²) in [5, 5.41) is 0. The second-order valence-electron chi connectivity index (χ2n) is 4.74. The van der Waals surface area contributed by atoms with Gasteiger partial charge in [-0.15, -0.1) is 0 Å². The minimum absolute atomic E-state index is 0.135. The first kappa shape index (κ1) is 12.1. The first-order valence-electron chi connectivity index (χ1n) is 6.32. The zero-order valence-corrected chi connectivity index (χ0v) is 10.3. The van der Waals surface area contributed by atoms with Crippen LogP contribution in [0.5, 0.6) is 0 Å². The Morgan fingerprint density at radius 3 is 2.76 bits per heavy atom. The third-order valence-corrected chi connectivity index (χ3v) is 3.63. The van der Waals surface area contributed by atoms with Crippen LogP contribution in [-0.4, -0.2) is 29.9 Å². The van der Waals surface area contributed by atoms with Gasteiger partial charge in [0.15, 0.2) is 0 Å². The van der Waals surface area contributed by atoms with Crippen LogP contribution in [0.3, 0.4) is 0 Å². The van der Waals surface area contributed by atoms with E-state index in [0.717, 1.165) is 31.5 Å². The van der Waals surface area contributed by atoms with E-state index in [1.165, 1.54) is 0 Å². The van der Waals surface area contributed by atoms with Crippen LogP contribution in [0.2, 0.25) is 0 Å². The van der Waals surface area contributed by atoms with Gasteiger partial charge in [-0.1, -0.05) is 31.5 Å². The molecule has 1 aliphatic heterocycles. The molecular formula is C14H20N2O. The monoisotopic (exact) mass is 232 g/mol. The van der Waals surface area contributed by atoms with Gasteiger partial charge < -0.3 is 10.6 Å². The topological polar surface area (TPSA) is 46.3 Å². The molecule has 2 N–H and O–H groups in total. The second-order valence-corrected chi connectivity index (χ2v) is 4.74. The summed E-state index contributed by atoms with van der Waals surface area (Å²) in [5.74, 6) is 0.576. The van der Waals surface area contributed by atoms with Crippen LogP contribution in [0.1, 0.15) is 30.1 Å². The Kier molecular flexibility index (Phi) is 3.79. The molecule has 3 heteroatoms. The number of nitrogens with zero attached hydrogens (tertiary/aromatic N) is 1. The van der Waals surface area contributed by atoms with E-state index in [1.54, 1.807) is 0 Å². The first-order valence-corrected chi connectivity index (χ1v) is 6.32. The predicted molar refractivity (Wildman–Crippen MR) is 68.7 cm³/mol. The molecule has 1 aromatic carbocycles. The van der Waals surface area contributed by atoms with E-state index in [1.807, 2.05) is 35.2 Å². The Bertz CT molecular complexity index is 377. The Morgan fingerprint density at radius 2 is 2.12 bits per heavy atom. The summed E-state index contributed by atoms with van der Waals surface area (Å²) >= 11 is 0. The third-order valence-electron chi connectivity index (χ3n) is 3.63. The maximum absolute atomic E-state index is 12.3. The van der Waals surface area contributed by atoms with E-state index in [2.05, 4.69) is 6.92 Å². The Morgan fingerprint density at radius 1 is 1.41 bits per heavy atom. The summed E-state index contributed by atoms with van der Waals surface area (Å²) < 4.78 is 0. The number of piperidine rings is 1. The Hall–Kier alpha value is -1.35. The number of hydrogen-bond donors (Lipinski definition) is 1. The molecule has 0 aromatic heterocycles. The van der Waals surface area contributed by atoms with Crippen molar-refractivity contribution < 1.29 is 4.79 Å². The van der Waals surface area contributed by atoms with Gasteiger partial charge in [0.05, 0.1) is 0 Å². The summed E-state index contributed by atoms with van der Waals surface area (Å²) in [6.45, 7) is 3.72. The molecule has 1 amide bonds. The highest BCUT2D eigenvalue weighted by Crippen LogP contribution is 2.20. The Balaban J connectivity index is 2.06. The molecule has 2 rings (SSSR count). The highest BCUT2D eigenvalue weighted by Gasteiger charge is 2.28. The smallest absolute Gasteiger partial charge is 0.253 e. The van der Waals surface area contributed by atoms with Crippen molar-refractivity contribution in [1.29, 1.82) is 0 Å². The number of hydrogen-bond acceptors (Lipinski definition) is 2. The fourth-order valence-electron chi connectivity index (χ4n) is 2.43. The summed E-state index contributed by atoms with van der Waals surface area (Å²) in [6.07, 6.45) is 1.96. The number of amides is 1. The predicted octanol–water partition coefficient (Wildman–Crippen LogP) is 1.89. The lowest BCUT2D eigenvalue weighted by Gasteiger charge is -2.36. The van der Waals surface area contributed by atoms with Crippen molar-refractivity contribution in [3.05, 3.63) is 35.9 Å². The van der Waals surface area contributed by atoms with Crippen molar-refractivity contribution in [3.63, 3.8) is 0 Å². The van der Waals surface area contributed by atoms with Crippen LogP contribution in [0.25, 0.3) is 0 Å². The van der Waals surface area contributed by atoms with Gasteiger partial charge in [0.25, 0.3) is 5.91 Å². The largest absolute Gasteiger partial charge is 0.338 e. The quantitative estimate of drug-likeness (QED) is 0.846. The summed E-state index contributed by atoms with van der Waals surface area (Å²) in [5.41, 5.74) is 6.83. The van der Waals surface area contributed by atoms with Crippen LogP contribution in [0.4, 0.5) is 0 Å².